The van der Waals surface area contributed by atoms with Crippen LogP contribution in [0.25, 0.3) is 11.8 Å². The second-order valence-electron chi connectivity index (χ2n) is 7.89. The monoisotopic (exact) mass is 412 g/mol. The van der Waals surface area contributed by atoms with Gasteiger partial charge in [0.05, 0.1) is 0 Å². The third-order valence-corrected chi connectivity index (χ3v) is 5.54. The van der Waals surface area contributed by atoms with Gasteiger partial charge in [-0.15, -0.1) is 0 Å². The van der Waals surface area contributed by atoms with Crippen LogP contribution in [-0.4, -0.2) is 47.6 Å². The number of hydrogen-bond acceptors (Lipinski definition) is 5. The number of nitrogen functional groups attached to an aromatic ring is 1. The Labute approximate surface area is 176 Å². The Kier molecular flexibility index (Phi) is 6.62. The highest BCUT2D eigenvalue weighted by Crippen LogP contribution is 2.48. The first-order chi connectivity index (χ1) is 14.4. The number of nitrogens with two attached hydrogens (primary N) is 2. The Morgan fingerprint density at radius 3 is 2.53 bits per heavy atom. The van der Waals surface area contributed by atoms with Crippen molar-refractivity contribution < 1.29 is 14.3 Å². The van der Waals surface area contributed by atoms with E-state index in [2.05, 4.69) is 11.6 Å². The molecule has 2 heterocycles. The molecule has 0 spiro atoms. The highest BCUT2D eigenvalue weighted by molar-refractivity contribution is 5.86. The number of carbonyl (C=O) groups excluding carboxylic acids is 1. The minimum absolute atomic E-state index is 0.129. The number of alkyl halides is 1. The number of aromatic nitrogens is 1. The SMILES string of the molecule is C=CC=O.CN1CC(F)C(c2[nH]c(N)c(/C=C(\N)c3ccccc3O)c2C2CC2)C1. The lowest BCUT2D eigenvalue weighted by atomic mass is 9.94. The second kappa shape index (κ2) is 9.17. The number of H-pyrrole nitrogens is 1. The maximum absolute atomic E-state index is 14.5. The van der Waals surface area contributed by atoms with Gasteiger partial charge in [0.15, 0.2) is 0 Å². The zero-order valence-electron chi connectivity index (χ0n) is 17.1. The van der Waals surface area contributed by atoms with Crippen molar-refractivity contribution in [3.05, 3.63) is 59.3 Å². The van der Waals surface area contributed by atoms with Crippen molar-refractivity contribution in [2.75, 3.05) is 25.9 Å². The molecule has 1 aliphatic heterocycles. The number of hydrogen-bond donors (Lipinski definition) is 4. The Bertz CT molecular complexity index is 943. The zero-order valence-corrected chi connectivity index (χ0v) is 17.1. The normalized spacial score (nSPS) is 21.7. The highest BCUT2D eigenvalue weighted by Gasteiger charge is 2.39. The van der Waals surface area contributed by atoms with E-state index in [4.69, 9.17) is 16.3 Å². The van der Waals surface area contributed by atoms with E-state index in [9.17, 15) is 9.50 Å². The number of phenols is 1. The number of benzene rings is 1. The van der Waals surface area contributed by atoms with Crippen molar-refractivity contribution in [2.24, 2.45) is 5.73 Å². The smallest absolute Gasteiger partial charge is 0.142 e. The number of allylic oxidation sites excluding steroid dienone is 1. The van der Waals surface area contributed by atoms with Gasteiger partial charge in [-0.25, -0.2) is 4.39 Å². The number of halogens is 1. The predicted octanol–water partition coefficient (Wildman–Crippen LogP) is 3.38. The molecule has 2 aromatic rings. The van der Waals surface area contributed by atoms with E-state index in [-0.39, 0.29) is 11.7 Å². The summed E-state index contributed by atoms with van der Waals surface area (Å²) in [4.78, 5) is 14.3. The largest absolute Gasteiger partial charge is 0.507 e. The van der Waals surface area contributed by atoms with E-state index in [1.807, 2.05) is 24.1 Å². The van der Waals surface area contributed by atoms with Crippen LogP contribution in [0.1, 0.15) is 47.1 Å². The number of rotatable bonds is 5. The van der Waals surface area contributed by atoms with Crippen LogP contribution in [0.5, 0.6) is 5.75 Å². The molecule has 2 atom stereocenters. The third kappa shape index (κ3) is 4.57. The maximum atomic E-state index is 14.5. The summed E-state index contributed by atoms with van der Waals surface area (Å²) in [5.41, 5.74) is 16.4. The van der Waals surface area contributed by atoms with Crippen molar-refractivity contribution in [3.63, 3.8) is 0 Å². The number of aromatic amines is 1. The molecule has 2 aliphatic rings. The summed E-state index contributed by atoms with van der Waals surface area (Å²) in [6, 6.07) is 6.95. The van der Waals surface area contributed by atoms with Crippen LogP contribution in [0.4, 0.5) is 10.2 Å². The molecule has 6 nitrogen and oxygen atoms in total. The number of phenolic OH excluding ortho intramolecular Hbond substituents is 1. The van der Waals surface area contributed by atoms with Gasteiger partial charge in [-0.1, -0.05) is 18.7 Å². The molecule has 1 aromatic carbocycles. The first-order valence-electron chi connectivity index (χ1n) is 10.0. The Morgan fingerprint density at radius 2 is 2.00 bits per heavy atom. The van der Waals surface area contributed by atoms with E-state index in [1.54, 1.807) is 18.2 Å². The number of carbonyl (C=O) groups is 1. The van der Waals surface area contributed by atoms with E-state index in [0.717, 1.165) is 29.7 Å². The number of aromatic hydroxyl groups is 1. The zero-order chi connectivity index (χ0) is 21.8. The first kappa shape index (κ1) is 21.6. The molecular formula is C23H29FN4O2. The fraction of sp³-hybridized carbons (Fsp3) is 0.348. The fourth-order valence-corrected chi connectivity index (χ4v) is 4.00. The number of anilines is 1. The van der Waals surface area contributed by atoms with Crippen LogP contribution in [0.3, 0.4) is 0 Å². The molecule has 160 valence electrons. The molecule has 6 N–H and O–H groups in total. The van der Waals surface area contributed by atoms with Crippen LogP contribution in [0.2, 0.25) is 0 Å². The lowest BCUT2D eigenvalue weighted by Gasteiger charge is -2.14. The van der Waals surface area contributed by atoms with Gasteiger partial charge in [0.1, 0.15) is 24.0 Å². The van der Waals surface area contributed by atoms with Crippen LogP contribution in [0.15, 0.2) is 36.9 Å². The second-order valence-corrected chi connectivity index (χ2v) is 7.89. The summed E-state index contributed by atoms with van der Waals surface area (Å²) in [7, 11) is 1.94. The number of aldehydes is 1. The molecule has 2 fully saturated rings. The van der Waals surface area contributed by atoms with Crippen molar-refractivity contribution in [1.82, 2.24) is 9.88 Å². The molecule has 1 saturated carbocycles. The minimum Gasteiger partial charge on any atom is -0.507 e. The molecule has 0 radical (unpaired) electrons. The molecule has 1 saturated heterocycles. The summed E-state index contributed by atoms with van der Waals surface area (Å²) in [6.07, 6.45) is 4.91. The molecule has 30 heavy (non-hydrogen) atoms. The van der Waals surface area contributed by atoms with Gasteiger partial charge in [0.25, 0.3) is 0 Å². The van der Waals surface area contributed by atoms with E-state index in [0.29, 0.717) is 42.4 Å². The van der Waals surface area contributed by atoms with Crippen molar-refractivity contribution >= 4 is 23.9 Å². The quantitative estimate of drug-likeness (QED) is 0.445. The molecule has 1 aliphatic carbocycles. The van der Waals surface area contributed by atoms with E-state index in [1.165, 1.54) is 6.08 Å². The molecular weight excluding hydrogens is 383 g/mol. The lowest BCUT2D eigenvalue weighted by molar-refractivity contribution is -0.104. The van der Waals surface area contributed by atoms with Gasteiger partial charge in [-0.2, -0.15) is 0 Å². The van der Waals surface area contributed by atoms with Gasteiger partial charge in [-0.3, -0.25) is 4.79 Å². The van der Waals surface area contributed by atoms with Crippen LogP contribution < -0.4 is 11.5 Å². The third-order valence-electron chi connectivity index (χ3n) is 5.54. The van der Waals surface area contributed by atoms with Crippen molar-refractivity contribution in [3.8, 4) is 5.75 Å². The molecule has 0 bridgehead atoms. The number of likely N-dealkylation sites (tertiary alicyclic amines) is 1. The van der Waals surface area contributed by atoms with E-state index >= 15 is 0 Å². The summed E-state index contributed by atoms with van der Waals surface area (Å²) >= 11 is 0. The molecule has 1 aromatic heterocycles. The Balaban J connectivity index is 0.000000589. The predicted molar refractivity (Wildman–Crippen MR) is 119 cm³/mol. The number of nitrogens with zero attached hydrogens (tertiary/aromatic N) is 1. The van der Waals surface area contributed by atoms with Gasteiger partial charge in [0, 0.05) is 41.5 Å². The van der Waals surface area contributed by atoms with Crippen LogP contribution >= 0.6 is 0 Å². The molecule has 7 heteroatoms. The summed E-state index contributed by atoms with van der Waals surface area (Å²) in [6.45, 7) is 4.23. The Morgan fingerprint density at radius 1 is 1.33 bits per heavy atom. The Hall–Kier alpha value is -3.06. The van der Waals surface area contributed by atoms with Gasteiger partial charge in [-0.05, 0) is 55.7 Å². The topological polar surface area (TPSA) is 108 Å². The summed E-state index contributed by atoms with van der Waals surface area (Å²) in [5.74, 6) is 0.860. The number of para-hydroxylation sites is 1. The maximum Gasteiger partial charge on any atom is 0.142 e. The first-order valence-corrected chi connectivity index (χ1v) is 10.0. The van der Waals surface area contributed by atoms with Crippen molar-refractivity contribution in [1.29, 1.82) is 0 Å². The van der Waals surface area contributed by atoms with Crippen LogP contribution in [-0.2, 0) is 4.79 Å². The fourth-order valence-electron chi connectivity index (χ4n) is 4.00. The van der Waals surface area contributed by atoms with Crippen LogP contribution in [0, 0.1) is 0 Å². The molecule has 0 amide bonds. The summed E-state index contributed by atoms with van der Waals surface area (Å²) in [5, 5.41) is 10.0. The minimum atomic E-state index is -0.900. The molecule has 4 rings (SSSR count). The standard InChI is InChI=1S/C20H25FN4O.C3H4O/c1-25-9-14(15(21)10-25)19-18(11-6-7-11)13(20(23)24-19)8-16(22)12-4-2-3-5-17(12)26;1-2-3-4/h2-5,8,11,14-15,24,26H,6-7,9-10,22-23H2,1H3;2-3H,1H2/b16-8-;. The highest BCUT2D eigenvalue weighted by atomic mass is 19.1. The lowest BCUT2D eigenvalue weighted by Crippen LogP contribution is -2.14. The average molecular weight is 413 g/mol. The average Bonchev–Trinajstić information content (AvgIpc) is 3.43. The molecule has 2 unspecified atom stereocenters. The number of likely N-dealkylation sites (N-methyl/N-ethyl adjacent to an activating group) is 1. The van der Waals surface area contributed by atoms with E-state index < -0.39 is 6.17 Å². The summed E-state index contributed by atoms with van der Waals surface area (Å²) < 4.78 is 14.5. The van der Waals surface area contributed by atoms with Crippen molar-refractivity contribution in [2.45, 2.75) is 30.8 Å². The van der Waals surface area contributed by atoms with Gasteiger partial charge < -0.3 is 26.5 Å². The van der Waals surface area contributed by atoms with Gasteiger partial charge >= 0.3 is 0 Å². The van der Waals surface area contributed by atoms with Gasteiger partial charge in [0.2, 0.25) is 0 Å². The number of nitrogens with one attached hydrogen (secondary N) is 1.